The van der Waals surface area contributed by atoms with Gasteiger partial charge in [-0.3, -0.25) is 4.79 Å². The number of carbonyl (C=O) groups is 1. The van der Waals surface area contributed by atoms with Crippen LogP contribution in [0.5, 0.6) is 0 Å². The molecule has 1 aromatic heterocycles. The Morgan fingerprint density at radius 2 is 2.05 bits per heavy atom. The molecule has 0 bridgehead atoms. The molecular formula is C14H15BrN2O4S. The molecule has 6 nitrogen and oxygen atoms in total. The first-order valence-corrected chi connectivity index (χ1v) is 8.79. The van der Waals surface area contributed by atoms with Crippen LogP contribution < -0.4 is 10.0 Å². The SMILES string of the molecule is O=C(CCNS(=O)(=O)c1cccc(Br)c1)NCc1ccco1. The molecule has 1 aromatic carbocycles. The number of rotatable bonds is 7. The maximum Gasteiger partial charge on any atom is 0.240 e. The molecule has 0 aliphatic rings. The van der Waals surface area contributed by atoms with Crippen molar-refractivity contribution in [1.82, 2.24) is 10.0 Å². The fourth-order valence-corrected chi connectivity index (χ4v) is 3.33. The molecule has 1 amide bonds. The van der Waals surface area contributed by atoms with Crippen LogP contribution in [0.25, 0.3) is 0 Å². The van der Waals surface area contributed by atoms with Gasteiger partial charge in [0.1, 0.15) is 5.76 Å². The van der Waals surface area contributed by atoms with Gasteiger partial charge in [0.15, 0.2) is 0 Å². The molecule has 0 aliphatic carbocycles. The molecule has 8 heteroatoms. The molecule has 2 rings (SSSR count). The number of halogens is 1. The molecule has 0 radical (unpaired) electrons. The lowest BCUT2D eigenvalue weighted by atomic mass is 10.4. The molecule has 0 spiro atoms. The predicted molar refractivity (Wildman–Crippen MR) is 84.5 cm³/mol. The number of carbonyl (C=O) groups excluding carboxylic acids is 1. The number of hydrogen-bond acceptors (Lipinski definition) is 4. The average molecular weight is 387 g/mol. The van der Waals surface area contributed by atoms with Crippen molar-refractivity contribution in [2.24, 2.45) is 0 Å². The second-order valence-corrected chi connectivity index (χ2v) is 7.14. The van der Waals surface area contributed by atoms with Gasteiger partial charge in [-0.1, -0.05) is 22.0 Å². The minimum atomic E-state index is -3.62. The molecule has 0 aliphatic heterocycles. The van der Waals surface area contributed by atoms with Gasteiger partial charge in [0.05, 0.1) is 17.7 Å². The normalized spacial score (nSPS) is 11.3. The van der Waals surface area contributed by atoms with Crippen molar-refractivity contribution in [2.45, 2.75) is 17.9 Å². The molecule has 2 N–H and O–H groups in total. The molecular weight excluding hydrogens is 372 g/mol. The van der Waals surface area contributed by atoms with Gasteiger partial charge in [-0.2, -0.15) is 0 Å². The molecule has 118 valence electrons. The Hall–Kier alpha value is -1.64. The molecule has 0 atom stereocenters. The quantitative estimate of drug-likeness (QED) is 0.761. The van der Waals surface area contributed by atoms with E-state index in [9.17, 15) is 13.2 Å². The second kappa shape index (κ2) is 7.57. The standard InChI is InChI=1S/C14H15BrN2O4S/c15-11-3-1-5-13(9-11)22(19,20)17-7-6-14(18)16-10-12-4-2-8-21-12/h1-5,8-9,17H,6-7,10H2,(H,16,18). The maximum absolute atomic E-state index is 12.0. The van der Waals surface area contributed by atoms with Gasteiger partial charge < -0.3 is 9.73 Å². The van der Waals surface area contributed by atoms with E-state index in [1.807, 2.05) is 0 Å². The lowest BCUT2D eigenvalue weighted by molar-refractivity contribution is -0.121. The molecule has 0 saturated carbocycles. The van der Waals surface area contributed by atoms with E-state index in [2.05, 4.69) is 26.0 Å². The summed E-state index contributed by atoms with van der Waals surface area (Å²) in [5.41, 5.74) is 0. The zero-order chi connectivity index (χ0) is 16.0. The van der Waals surface area contributed by atoms with Crippen molar-refractivity contribution < 1.29 is 17.6 Å². The molecule has 0 unspecified atom stereocenters. The number of sulfonamides is 1. The van der Waals surface area contributed by atoms with E-state index in [1.165, 1.54) is 18.4 Å². The maximum atomic E-state index is 12.0. The second-order valence-electron chi connectivity index (χ2n) is 4.46. The Morgan fingerprint density at radius 1 is 1.23 bits per heavy atom. The molecule has 0 fully saturated rings. The Labute approximate surface area is 137 Å². The summed E-state index contributed by atoms with van der Waals surface area (Å²) in [7, 11) is -3.62. The van der Waals surface area contributed by atoms with Crippen LogP contribution in [0.4, 0.5) is 0 Å². The fourth-order valence-electron chi connectivity index (χ4n) is 1.70. The van der Waals surface area contributed by atoms with Crippen LogP contribution in [0.2, 0.25) is 0 Å². The number of nitrogens with one attached hydrogen (secondary N) is 2. The summed E-state index contributed by atoms with van der Waals surface area (Å²) in [5.74, 6) is 0.386. The highest BCUT2D eigenvalue weighted by Crippen LogP contribution is 2.15. The van der Waals surface area contributed by atoms with Crippen molar-refractivity contribution >= 4 is 31.9 Å². The zero-order valence-corrected chi connectivity index (χ0v) is 14.0. The minimum absolute atomic E-state index is 0.0266. The Morgan fingerprint density at radius 3 is 2.73 bits per heavy atom. The summed E-state index contributed by atoms with van der Waals surface area (Å²) in [6.07, 6.45) is 1.57. The number of hydrogen-bond donors (Lipinski definition) is 2. The van der Waals surface area contributed by atoms with Crippen molar-refractivity contribution in [3.63, 3.8) is 0 Å². The Balaban J connectivity index is 1.78. The third kappa shape index (κ3) is 4.97. The highest BCUT2D eigenvalue weighted by Gasteiger charge is 2.14. The van der Waals surface area contributed by atoms with Crippen LogP contribution in [0.3, 0.4) is 0 Å². The predicted octanol–water partition coefficient (Wildman–Crippen LogP) is 2.03. The minimum Gasteiger partial charge on any atom is -0.467 e. The molecule has 1 heterocycles. The number of amides is 1. The first kappa shape index (κ1) is 16.7. The Bertz CT molecular complexity index is 729. The average Bonchev–Trinajstić information content (AvgIpc) is 2.98. The van der Waals surface area contributed by atoms with Gasteiger partial charge in [0.2, 0.25) is 15.9 Å². The van der Waals surface area contributed by atoms with Crippen LogP contribution in [-0.2, 0) is 21.4 Å². The van der Waals surface area contributed by atoms with Gasteiger partial charge in [-0.25, -0.2) is 13.1 Å². The summed E-state index contributed by atoms with van der Waals surface area (Å²) >= 11 is 3.22. The van der Waals surface area contributed by atoms with Crippen LogP contribution in [-0.4, -0.2) is 20.9 Å². The highest BCUT2D eigenvalue weighted by molar-refractivity contribution is 9.10. The van der Waals surface area contributed by atoms with Gasteiger partial charge >= 0.3 is 0 Å². The third-order valence-electron chi connectivity index (χ3n) is 2.79. The summed E-state index contributed by atoms with van der Waals surface area (Å²) < 4.78 is 32.2. The van der Waals surface area contributed by atoms with E-state index in [1.54, 1.807) is 24.3 Å². The smallest absolute Gasteiger partial charge is 0.240 e. The summed E-state index contributed by atoms with van der Waals surface area (Å²) in [6.45, 7) is 0.309. The number of benzene rings is 1. The van der Waals surface area contributed by atoms with Gasteiger partial charge in [0.25, 0.3) is 0 Å². The summed E-state index contributed by atoms with van der Waals surface area (Å²) in [4.78, 5) is 11.8. The zero-order valence-electron chi connectivity index (χ0n) is 11.6. The van der Waals surface area contributed by atoms with E-state index in [-0.39, 0.29) is 30.3 Å². The van der Waals surface area contributed by atoms with Crippen LogP contribution in [0.15, 0.2) is 56.4 Å². The van der Waals surface area contributed by atoms with E-state index in [4.69, 9.17) is 4.42 Å². The Kier molecular flexibility index (Phi) is 5.76. The van der Waals surface area contributed by atoms with Crippen molar-refractivity contribution in [3.05, 3.63) is 52.9 Å². The number of furan rings is 1. The van der Waals surface area contributed by atoms with Crippen molar-refractivity contribution in [3.8, 4) is 0 Å². The topological polar surface area (TPSA) is 88.4 Å². The lowest BCUT2D eigenvalue weighted by Crippen LogP contribution is -2.30. The van der Waals surface area contributed by atoms with E-state index >= 15 is 0 Å². The first-order chi connectivity index (χ1) is 10.5. The summed E-state index contributed by atoms with van der Waals surface area (Å²) in [5, 5.41) is 2.65. The molecule has 0 saturated heterocycles. The van der Waals surface area contributed by atoms with Crippen LogP contribution in [0.1, 0.15) is 12.2 Å². The molecule has 22 heavy (non-hydrogen) atoms. The van der Waals surface area contributed by atoms with Gasteiger partial charge in [0, 0.05) is 17.4 Å². The van der Waals surface area contributed by atoms with Crippen LogP contribution >= 0.6 is 15.9 Å². The lowest BCUT2D eigenvalue weighted by Gasteiger charge is -2.07. The van der Waals surface area contributed by atoms with Gasteiger partial charge in [-0.05, 0) is 30.3 Å². The van der Waals surface area contributed by atoms with Crippen molar-refractivity contribution in [2.75, 3.05) is 6.54 Å². The van der Waals surface area contributed by atoms with Crippen LogP contribution in [0, 0.1) is 0 Å². The fraction of sp³-hybridized carbons (Fsp3) is 0.214. The monoisotopic (exact) mass is 386 g/mol. The van der Waals surface area contributed by atoms with E-state index in [0.717, 1.165) is 0 Å². The van der Waals surface area contributed by atoms with E-state index < -0.39 is 10.0 Å². The first-order valence-electron chi connectivity index (χ1n) is 6.52. The third-order valence-corrected chi connectivity index (χ3v) is 4.74. The highest BCUT2D eigenvalue weighted by atomic mass is 79.9. The largest absolute Gasteiger partial charge is 0.467 e. The summed E-state index contributed by atoms with van der Waals surface area (Å²) in [6, 6.07) is 9.84. The van der Waals surface area contributed by atoms with Gasteiger partial charge in [-0.15, -0.1) is 0 Å². The molecule has 2 aromatic rings. The van der Waals surface area contributed by atoms with Crippen molar-refractivity contribution in [1.29, 1.82) is 0 Å². The van der Waals surface area contributed by atoms with E-state index in [0.29, 0.717) is 10.2 Å².